The van der Waals surface area contributed by atoms with Gasteiger partial charge in [-0.15, -0.1) is 0 Å². The number of anilines is 3. The minimum absolute atomic E-state index is 0.00548. The molecular weight excluding hydrogens is 426 g/mol. The number of rotatable bonds is 7. The van der Waals surface area contributed by atoms with Crippen LogP contribution in [0.15, 0.2) is 35.4 Å². The summed E-state index contributed by atoms with van der Waals surface area (Å²) in [5.74, 6) is 0.789. The molecule has 2 fully saturated rings. The number of amides is 1. The second-order valence-electron chi connectivity index (χ2n) is 8.29. The summed E-state index contributed by atoms with van der Waals surface area (Å²) in [6.45, 7) is 1.25. The molecule has 0 bridgehead atoms. The smallest absolute Gasteiger partial charge is 0.274 e. The molecule has 0 unspecified atom stereocenters. The van der Waals surface area contributed by atoms with Crippen molar-refractivity contribution in [2.45, 2.75) is 37.5 Å². The molecule has 0 spiro atoms. The first kappa shape index (κ1) is 21.4. The maximum Gasteiger partial charge on any atom is 0.274 e. The highest BCUT2D eigenvalue weighted by molar-refractivity contribution is 6.00. The Morgan fingerprint density at radius 2 is 2.24 bits per heavy atom. The molecule has 5 rings (SSSR count). The fraction of sp³-hybridized carbons (Fsp3) is 0.455. The van der Waals surface area contributed by atoms with Gasteiger partial charge in [0.2, 0.25) is 0 Å². The molecule has 3 aromatic rings. The third-order valence-electron chi connectivity index (χ3n) is 6.09. The van der Waals surface area contributed by atoms with E-state index in [2.05, 4.69) is 26.0 Å². The zero-order valence-corrected chi connectivity index (χ0v) is 18.6. The molecule has 0 radical (unpaired) electrons. The van der Waals surface area contributed by atoms with E-state index in [1.807, 2.05) is 6.07 Å². The lowest BCUT2D eigenvalue weighted by atomic mass is 10.1. The van der Waals surface area contributed by atoms with Gasteiger partial charge in [-0.1, -0.05) is 0 Å². The van der Waals surface area contributed by atoms with Crippen molar-refractivity contribution in [2.24, 2.45) is 0 Å². The van der Waals surface area contributed by atoms with Gasteiger partial charge in [0, 0.05) is 33.0 Å². The molecule has 3 aromatic heterocycles. The summed E-state index contributed by atoms with van der Waals surface area (Å²) in [4.78, 5) is 30.5. The van der Waals surface area contributed by atoms with Crippen LogP contribution in [-0.2, 0) is 9.47 Å². The zero-order valence-electron chi connectivity index (χ0n) is 18.6. The molecule has 174 valence electrons. The molecule has 33 heavy (non-hydrogen) atoms. The number of ether oxygens (including phenoxy) is 2. The number of nitrogens with one attached hydrogen (secondary N) is 3. The van der Waals surface area contributed by atoms with Crippen LogP contribution in [0.4, 0.5) is 17.3 Å². The van der Waals surface area contributed by atoms with Gasteiger partial charge in [-0.25, -0.2) is 4.98 Å². The van der Waals surface area contributed by atoms with E-state index in [9.17, 15) is 9.59 Å². The van der Waals surface area contributed by atoms with E-state index >= 15 is 0 Å². The van der Waals surface area contributed by atoms with E-state index in [0.717, 1.165) is 25.9 Å². The summed E-state index contributed by atoms with van der Waals surface area (Å²) in [7, 11) is 3.38. The Kier molecular flexibility index (Phi) is 5.73. The minimum atomic E-state index is -0.263. The average molecular weight is 454 g/mol. The van der Waals surface area contributed by atoms with Gasteiger partial charge in [-0.2, -0.15) is 9.61 Å². The summed E-state index contributed by atoms with van der Waals surface area (Å²) in [6.07, 6.45) is 5.94. The maximum absolute atomic E-state index is 13.1. The van der Waals surface area contributed by atoms with E-state index in [4.69, 9.17) is 9.47 Å². The standard InChI is InChI=1S/C22H27N7O4/c1-23-19-10-18(25-15-6-3-7-28(22(15)31)13-5-4-8-33-12-13)27-20-14(11-24-29(19)20)21(30)26-16-9-17(16)32-2/h3,6-7,10-11,13,16-17,23H,4-5,8-9,12H2,1-2H3,(H,25,27)(H,26,30)/t13-,16+,17+/m0/s1. The van der Waals surface area contributed by atoms with Crippen LogP contribution in [0.25, 0.3) is 5.65 Å². The molecule has 11 heteroatoms. The average Bonchev–Trinajstić information content (AvgIpc) is 3.45. The van der Waals surface area contributed by atoms with Crippen molar-refractivity contribution in [3.8, 4) is 0 Å². The number of hydrogen-bond acceptors (Lipinski definition) is 8. The Balaban J connectivity index is 1.45. The largest absolute Gasteiger partial charge is 0.379 e. The number of carbonyl (C=O) groups excluding carboxylic acids is 1. The Morgan fingerprint density at radius 3 is 2.97 bits per heavy atom. The number of methoxy groups -OCH3 is 1. The highest BCUT2D eigenvalue weighted by Gasteiger charge is 2.39. The SMILES string of the molecule is CNc1cc(Nc2cccn([C@H]3CCCOC3)c2=O)nc2c(C(=O)N[C@@H]3C[C@H]3OC)cnn12. The van der Waals surface area contributed by atoms with Crippen LogP contribution in [0, 0.1) is 0 Å². The summed E-state index contributed by atoms with van der Waals surface area (Å²) in [6, 6.07) is 5.29. The third-order valence-corrected chi connectivity index (χ3v) is 6.09. The lowest BCUT2D eigenvalue weighted by Gasteiger charge is -2.24. The normalized spacial score (nSPS) is 22.2. The molecule has 2 aliphatic rings. The Bertz CT molecular complexity index is 1230. The van der Waals surface area contributed by atoms with Crippen molar-refractivity contribution in [2.75, 3.05) is 38.0 Å². The van der Waals surface area contributed by atoms with Crippen LogP contribution >= 0.6 is 0 Å². The maximum atomic E-state index is 13.1. The first-order valence-electron chi connectivity index (χ1n) is 11.0. The van der Waals surface area contributed by atoms with Crippen molar-refractivity contribution in [1.82, 2.24) is 24.5 Å². The van der Waals surface area contributed by atoms with Crippen LogP contribution in [0.5, 0.6) is 0 Å². The van der Waals surface area contributed by atoms with E-state index in [1.54, 1.807) is 41.6 Å². The first-order chi connectivity index (χ1) is 16.1. The Morgan fingerprint density at radius 1 is 1.36 bits per heavy atom. The summed E-state index contributed by atoms with van der Waals surface area (Å²) in [5.41, 5.74) is 0.982. The van der Waals surface area contributed by atoms with Crippen LogP contribution < -0.4 is 21.5 Å². The van der Waals surface area contributed by atoms with E-state index in [1.165, 1.54) is 6.20 Å². The molecule has 1 aliphatic carbocycles. The predicted octanol–water partition coefficient (Wildman–Crippen LogP) is 1.54. The fourth-order valence-electron chi connectivity index (χ4n) is 4.17. The molecule has 1 saturated carbocycles. The number of hydrogen-bond donors (Lipinski definition) is 3. The lowest BCUT2D eigenvalue weighted by Crippen LogP contribution is -2.31. The monoisotopic (exact) mass is 453 g/mol. The minimum Gasteiger partial charge on any atom is -0.379 e. The van der Waals surface area contributed by atoms with E-state index in [-0.39, 0.29) is 29.7 Å². The number of pyridine rings is 1. The predicted molar refractivity (Wildman–Crippen MR) is 122 cm³/mol. The van der Waals surface area contributed by atoms with Crippen molar-refractivity contribution in [3.05, 3.63) is 46.5 Å². The fourth-order valence-corrected chi connectivity index (χ4v) is 4.17. The number of aromatic nitrogens is 4. The summed E-state index contributed by atoms with van der Waals surface area (Å²) >= 11 is 0. The van der Waals surface area contributed by atoms with Gasteiger partial charge >= 0.3 is 0 Å². The first-order valence-corrected chi connectivity index (χ1v) is 11.0. The Labute approximate surface area is 190 Å². The van der Waals surface area contributed by atoms with Crippen LogP contribution in [0.1, 0.15) is 35.7 Å². The molecule has 0 aromatic carbocycles. The molecular formula is C22H27N7O4. The molecule has 4 heterocycles. The molecule has 1 aliphatic heterocycles. The number of fused-ring (bicyclic) bond motifs is 1. The van der Waals surface area contributed by atoms with Crippen molar-refractivity contribution in [1.29, 1.82) is 0 Å². The molecule has 1 saturated heterocycles. The van der Waals surface area contributed by atoms with Crippen molar-refractivity contribution < 1.29 is 14.3 Å². The lowest BCUT2D eigenvalue weighted by molar-refractivity contribution is 0.0581. The summed E-state index contributed by atoms with van der Waals surface area (Å²) in [5, 5.41) is 13.4. The number of carbonyl (C=O) groups is 1. The highest BCUT2D eigenvalue weighted by atomic mass is 16.5. The quantitative estimate of drug-likeness (QED) is 0.492. The van der Waals surface area contributed by atoms with Gasteiger partial charge in [0.25, 0.3) is 11.5 Å². The second-order valence-corrected chi connectivity index (χ2v) is 8.29. The topological polar surface area (TPSA) is 124 Å². The molecule has 11 nitrogen and oxygen atoms in total. The molecule has 3 N–H and O–H groups in total. The zero-order chi connectivity index (χ0) is 22.9. The van der Waals surface area contributed by atoms with Crippen molar-refractivity contribution >= 4 is 28.9 Å². The van der Waals surface area contributed by atoms with Crippen molar-refractivity contribution in [3.63, 3.8) is 0 Å². The van der Waals surface area contributed by atoms with Gasteiger partial charge in [-0.05, 0) is 31.4 Å². The van der Waals surface area contributed by atoms with Crippen LogP contribution in [0.3, 0.4) is 0 Å². The number of nitrogens with zero attached hydrogens (tertiary/aromatic N) is 4. The van der Waals surface area contributed by atoms with Crippen LogP contribution in [-0.4, -0.2) is 64.6 Å². The van der Waals surface area contributed by atoms with E-state index in [0.29, 0.717) is 35.1 Å². The Hall–Kier alpha value is -3.44. The highest BCUT2D eigenvalue weighted by Crippen LogP contribution is 2.26. The van der Waals surface area contributed by atoms with Gasteiger partial charge in [0.05, 0.1) is 31.0 Å². The van der Waals surface area contributed by atoms with Gasteiger partial charge in [0.15, 0.2) is 5.65 Å². The second kappa shape index (κ2) is 8.83. The van der Waals surface area contributed by atoms with E-state index < -0.39 is 0 Å². The summed E-state index contributed by atoms with van der Waals surface area (Å²) < 4.78 is 14.1. The van der Waals surface area contributed by atoms with Gasteiger partial charge in [-0.3, -0.25) is 9.59 Å². The molecule has 3 atom stereocenters. The van der Waals surface area contributed by atoms with Gasteiger partial charge < -0.3 is 30.0 Å². The van der Waals surface area contributed by atoms with Crippen LogP contribution in [0.2, 0.25) is 0 Å². The third kappa shape index (κ3) is 4.16. The molecule has 1 amide bonds. The van der Waals surface area contributed by atoms with Gasteiger partial charge in [0.1, 0.15) is 22.9 Å².